The number of hydrogen-bond acceptors (Lipinski definition) is 3. The molecule has 1 aromatic heterocycles. The van der Waals surface area contributed by atoms with Crippen molar-refractivity contribution >= 4 is 5.91 Å². The Bertz CT molecular complexity index is 606. The molecule has 0 radical (unpaired) electrons. The summed E-state index contributed by atoms with van der Waals surface area (Å²) in [4.78, 5) is 31.7. The van der Waals surface area contributed by atoms with E-state index in [-0.39, 0.29) is 17.0 Å². The molecule has 1 saturated heterocycles. The van der Waals surface area contributed by atoms with Crippen molar-refractivity contribution in [2.75, 3.05) is 26.2 Å². The largest absolute Gasteiger partial charge is 0.337 e. The summed E-state index contributed by atoms with van der Waals surface area (Å²) in [7, 11) is 0. The molecule has 1 saturated carbocycles. The zero-order valence-corrected chi connectivity index (χ0v) is 14.1. The third-order valence-corrected chi connectivity index (χ3v) is 5.04. The molecule has 1 amide bonds. The summed E-state index contributed by atoms with van der Waals surface area (Å²) in [5.41, 5.74) is -0.0386. The number of rotatable bonds is 4. The van der Waals surface area contributed by atoms with Crippen LogP contribution >= 0.6 is 0 Å². The van der Waals surface area contributed by atoms with Gasteiger partial charge in [-0.1, -0.05) is 13.8 Å². The first kappa shape index (κ1) is 16.2. The molecule has 1 N–H and O–H groups in total. The Morgan fingerprint density at radius 1 is 1.35 bits per heavy atom. The lowest BCUT2D eigenvalue weighted by molar-refractivity contribution is 0.0702. The molecular weight excluding hydrogens is 290 g/mol. The van der Waals surface area contributed by atoms with Crippen LogP contribution in [0.25, 0.3) is 0 Å². The molecule has 5 heteroatoms. The van der Waals surface area contributed by atoms with Gasteiger partial charge in [0.1, 0.15) is 5.56 Å². The van der Waals surface area contributed by atoms with Gasteiger partial charge in [0.05, 0.1) is 0 Å². The van der Waals surface area contributed by atoms with E-state index < -0.39 is 0 Å². The van der Waals surface area contributed by atoms with E-state index in [1.54, 1.807) is 18.3 Å². The molecule has 23 heavy (non-hydrogen) atoms. The summed E-state index contributed by atoms with van der Waals surface area (Å²) in [6.07, 6.45) is 5.24. The first-order valence-corrected chi connectivity index (χ1v) is 8.77. The Balaban J connectivity index is 1.76. The zero-order valence-electron chi connectivity index (χ0n) is 14.1. The number of carbonyl (C=O) groups is 1. The second kappa shape index (κ2) is 6.87. The molecule has 0 spiro atoms. The number of aromatic nitrogens is 1. The summed E-state index contributed by atoms with van der Waals surface area (Å²) in [6, 6.07) is 3.72. The van der Waals surface area contributed by atoms with Crippen LogP contribution in [0, 0.1) is 11.8 Å². The number of aromatic amines is 1. The SMILES string of the molecule is CC(C)[C@H]1CN(C(=O)c2ccc[nH]c2=O)CCCN1CC1CC1. The lowest BCUT2D eigenvalue weighted by atomic mass is 10.0. The molecule has 2 fully saturated rings. The van der Waals surface area contributed by atoms with Gasteiger partial charge < -0.3 is 9.88 Å². The summed E-state index contributed by atoms with van der Waals surface area (Å²) in [5, 5.41) is 0. The lowest BCUT2D eigenvalue weighted by Gasteiger charge is -2.34. The van der Waals surface area contributed by atoms with E-state index in [4.69, 9.17) is 0 Å². The molecule has 5 nitrogen and oxygen atoms in total. The highest BCUT2D eigenvalue weighted by Gasteiger charge is 2.33. The topological polar surface area (TPSA) is 56.4 Å². The van der Waals surface area contributed by atoms with Gasteiger partial charge in [-0.15, -0.1) is 0 Å². The highest BCUT2D eigenvalue weighted by atomic mass is 16.2. The molecule has 3 rings (SSSR count). The molecule has 126 valence electrons. The number of amides is 1. The van der Waals surface area contributed by atoms with Gasteiger partial charge in [-0.25, -0.2) is 0 Å². The number of nitrogens with one attached hydrogen (secondary N) is 1. The Kier molecular flexibility index (Phi) is 4.85. The fourth-order valence-electron chi connectivity index (χ4n) is 3.50. The highest BCUT2D eigenvalue weighted by Crippen LogP contribution is 2.31. The maximum Gasteiger partial charge on any atom is 0.260 e. The highest BCUT2D eigenvalue weighted by molar-refractivity contribution is 5.93. The summed E-state index contributed by atoms with van der Waals surface area (Å²) in [5.74, 6) is 1.22. The fourth-order valence-corrected chi connectivity index (χ4v) is 3.50. The van der Waals surface area contributed by atoms with E-state index in [1.165, 1.54) is 12.8 Å². The molecule has 2 aliphatic rings. The average molecular weight is 317 g/mol. The van der Waals surface area contributed by atoms with E-state index in [2.05, 4.69) is 23.7 Å². The van der Waals surface area contributed by atoms with Crippen LogP contribution in [0.4, 0.5) is 0 Å². The van der Waals surface area contributed by atoms with Crippen molar-refractivity contribution in [1.29, 1.82) is 0 Å². The second-order valence-corrected chi connectivity index (χ2v) is 7.27. The first-order valence-electron chi connectivity index (χ1n) is 8.77. The Hall–Kier alpha value is -1.62. The van der Waals surface area contributed by atoms with Crippen molar-refractivity contribution in [1.82, 2.24) is 14.8 Å². The van der Waals surface area contributed by atoms with Crippen LogP contribution in [-0.4, -0.2) is 52.9 Å². The molecule has 2 heterocycles. The van der Waals surface area contributed by atoms with Gasteiger partial charge in [0, 0.05) is 38.4 Å². The maximum atomic E-state index is 12.8. The molecule has 0 aromatic carbocycles. The van der Waals surface area contributed by atoms with Crippen LogP contribution in [-0.2, 0) is 0 Å². The fraction of sp³-hybridized carbons (Fsp3) is 0.667. The maximum absolute atomic E-state index is 12.8. The molecule has 0 unspecified atom stereocenters. The number of H-pyrrole nitrogens is 1. The van der Waals surface area contributed by atoms with Crippen LogP contribution in [0.5, 0.6) is 0 Å². The standard InChI is InChI=1S/C18H27N3O2/c1-13(2)16-12-21(10-4-9-20(16)11-14-6-7-14)18(23)15-5-3-8-19-17(15)22/h3,5,8,13-14,16H,4,6-7,9-12H2,1-2H3,(H,19,22)/t16-/m1/s1. The van der Waals surface area contributed by atoms with E-state index >= 15 is 0 Å². The zero-order chi connectivity index (χ0) is 16.4. The van der Waals surface area contributed by atoms with E-state index in [9.17, 15) is 9.59 Å². The minimum atomic E-state index is -0.294. The molecule has 1 aromatic rings. The average Bonchev–Trinajstić information content (AvgIpc) is 3.34. The minimum Gasteiger partial charge on any atom is -0.337 e. The molecule has 0 bridgehead atoms. The van der Waals surface area contributed by atoms with Crippen molar-refractivity contribution in [2.45, 2.75) is 39.2 Å². The Morgan fingerprint density at radius 2 is 2.13 bits per heavy atom. The molecule has 1 aliphatic heterocycles. The van der Waals surface area contributed by atoms with Gasteiger partial charge in [-0.05, 0) is 43.2 Å². The monoisotopic (exact) mass is 317 g/mol. The lowest BCUT2D eigenvalue weighted by Crippen LogP contribution is -2.47. The van der Waals surface area contributed by atoms with Gasteiger partial charge in [0.2, 0.25) is 0 Å². The third kappa shape index (κ3) is 3.83. The van der Waals surface area contributed by atoms with Crippen LogP contribution in [0.2, 0.25) is 0 Å². The second-order valence-electron chi connectivity index (χ2n) is 7.27. The van der Waals surface area contributed by atoms with Gasteiger partial charge in [0.15, 0.2) is 0 Å². The number of nitrogens with zero attached hydrogens (tertiary/aromatic N) is 2. The summed E-state index contributed by atoms with van der Waals surface area (Å²) >= 11 is 0. The van der Waals surface area contributed by atoms with E-state index in [0.717, 1.165) is 38.5 Å². The number of pyridine rings is 1. The van der Waals surface area contributed by atoms with Crippen LogP contribution in [0.3, 0.4) is 0 Å². The van der Waals surface area contributed by atoms with Crippen molar-refractivity contribution in [3.63, 3.8) is 0 Å². The van der Waals surface area contributed by atoms with Gasteiger partial charge in [0.25, 0.3) is 11.5 Å². The van der Waals surface area contributed by atoms with Crippen LogP contribution in [0.1, 0.15) is 43.5 Å². The summed E-state index contributed by atoms with van der Waals surface area (Å²) < 4.78 is 0. The normalized spacial score (nSPS) is 23.1. The van der Waals surface area contributed by atoms with Gasteiger partial charge in [-0.3, -0.25) is 14.5 Å². The van der Waals surface area contributed by atoms with Crippen LogP contribution < -0.4 is 5.56 Å². The van der Waals surface area contributed by atoms with Crippen LogP contribution in [0.15, 0.2) is 23.1 Å². The van der Waals surface area contributed by atoms with Crippen molar-refractivity contribution < 1.29 is 4.79 Å². The first-order chi connectivity index (χ1) is 11.1. The van der Waals surface area contributed by atoms with E-state index in [0.29, 0.717) is 12.0 Å². The molecular formula is C18H27N3O2. The number of carbonyl (C=O) groups excluding carboxylic acids is 1. The van der Waals surface area contributed by atoms with Gasteiger partial charge >= 0.3 is 0 Å². The predicted octanol–water partition coefficient (Wildman–Crippen LogP) is 1.96. The number of hydrogen-bond donors (Lipinski definition) is 1. The quantitative estimate of drug-likeness (QED) is 0.923. The van der Waals surface area contributed by atoms with Crippen molar-refractivity contribution in [3.8, 4) is 0 Å². The Morgan fingerprint density at radius 3 is 2.78 bits per heavy atom. The molecule has 1 atom stereocenters. The van der Waals surface area contributed by atoms with Crippen molar-refractivity contribution in [3.05, 3.63) is 34.2 Å². The smallest absolute Gasteiger partial charge is 0.260 e. The van der Waals surface area contributed by atoms with Crippen molar-refractivity contribution in [2.24, 2.45) is 11.8 Å². The van der Waals surface area contributed by atoms with E-state index in [1.807, 2.05) is 4.90 Å². The summed E-state index contributed by atoms with van der Waals surface area (Å²) in [6.45, 7) is 8.13. The Labute approximate surface area is 137 Å². The predicted molar refractivity (Wildman–Crippen MR) is 90.5 cm³/mol. The minimum absolute atomic E-state index is 0.134. The molecule has 1 aliphatic carbocycles. The third-order valence-electron chi connectivity index (χ3n) is 5.04. The van der Waals surface area contributed by atoms with Gasteiger partial charge in [-0.2, -0.15) is 0 Å².